The first-order chi connectivity index (χ1) is 15.9. The summed E-state index contributed by atoms with van der Waals surface area (Å²) in [5.74, 6) is 0.289. The van der Waals surface area contributed by atoms with Gasteiger partial charge in [-0.25, -0.2) is 4.99 Å². The van der Waals surface area contributed by atoms with Crippen LogP contribution in [0.5, 0.6) is 11.5 Å². The Balaban J connectivity index is 1.71. The fraction of sp³-hybridized carbons (Fsp3) is 0.154. The van der Waals surface area contributed by atoms with E-state index in [1.54, 1.807) is 23.1 Å². The summed E-state index contributed by atoms with van der Waals surface area (Å²) < 4.78 is 6.03. The maximum absolute atomic E-state index is 13.4. The lowest BCUT2D eigenvalue weighted by molar-refractivity contribution is -0.122. The van der Waals surface area contributed by atoms with Gasteiger partial charge >= 0.3 is 0 Å². The Morgan fingerprint density at radius 2 is 1.85 bits per heavy atom. The molecular formula is C26H23BrN2O3S. The minimum Gasteiger partial charge on any atom is -0.503 e. The number of benzene rings is 3. The van der Waals surface area contributed by atoms with Crippen molar-refractivity contribution >= 4 is 50.5 Å². The lowest BCUT2D eigenvalue weighted by Crippen LogP contribution is -2.28. The third-order valence-corrected chi connectivity index (χ3v) is 6.59. The van der Waals surface area contributed by atoms with Crippen LogP contribution < -0.4 is 4.74 Å². The van der Waals surface area contributed by atoms with Gasteiger partial charge in [0.15, 0.2) is 16.7 Å². The van der Waals surface area contributed by atoms with E-state index in [1.807, 2.05) is 68.4 Å². The van der Waals surface area contributed by atoms with Gasteiger partial charge in [-0.2, -0.15) is 0 Å². The van der Waals surface area contributed by atoms with Crippen LogP contribution in [-0.2, 0) is 11.3 Å². The lowest BCUT2D eigenvalue weighted by Gasteiger charge is -2.15. The Labute approximate surface area is 205 Å². The monoisotopic (exact) mass is 522 g/mol. The maximum atomic E-state index is 13.4. The van der Waals surface area contributed by atoms with E-state index in [0.717, 1.165) is 22.4 Å². The van der Waals surface area contributed by atoms with E-state index >= 15 is 0 Å². The minimum atomic E-state index is -0.114. The molecule has 1 saturated heterocycles. The Bertz CT molecular complexity index is 1220. The molecule has 168 valence electrons. The van der Waals surface area contributed by atoms with Crippen molar-refractivity contribution in [3.63, 3.8) is 0 Å². The predicted molar refractivity (Wildman–Crippen MR) is 138 cm³/mol. The number of aryl methyl sites for hydroxylation is 1. The molecule has 1 aliphatic rings. The Morgan fingerprint density at radius 3 is 2.55 bits per heavy atom. The highest BCUT2D eigenvalue weighted by atomic mass is 79.9. The molecule has 1 amide bonds. The molecule has 3 aromatic carbocycles. The highest BCUT2D eigenvalue weighted by Crippen LogP contribution is 2.39. The number of carbonyl (C=O) groups is 1. The Kier molecular flexibility index (Phi) is 7.20. The second kappa shape index (κ2) is 10.3. The Morgan fingerprint density at radius 1 is 1.12 bits per heavy atom. The smallest absolute Gasteiger partial charge is 0.267 e. The first-order valence-electron chi connectivity index (χ1n) is 10.5. The summed E-state index contributed by atoms with van der Waals surface area (Å²) in [5.41, 5.74) is 3.71. The van der Waals surface area contributed by atoms with Gasteiger partial charge in [-0.05, 0) is 83.0 Å². The molecule has 0 radical (unpaired) electrons. The van der Waals surface area contributed by atoms with Gasteiger partial charge in [-0.15, -0.1) is 0 Å². The molecule has 1 aliphatic heterocycles. The highest BCUT2D eigenvalue weighted by molar-refractivity contribution is 9.10. The molecule has 0 aliphatic carbocycles. The largest absolute Gasteiger partial charge is 0.503 e. The SMILES string of the molecule is CCOc1cc(/C=C2/SC(=Nc3ccc(C)cc3)N(Cc3ccccc3)C2=O)cc(Br)c1O. The number of ether oxygens (including phenoxy) is 1. The van der Waals surface area contributed by atoms with Crippen LogP contribution >= 0.6 is 27.7 Å². The lowest BCUT2D eigenvalue weighted by atomic mass is 10.1. The van der Waals surface area contributed by atoms with E-state index in [1.165, 1.54) is 11.8 Å². The number of phenolic OH excluding ortho intramolecular Hbond substituents is 1. The molecule has 0 unspecified atom stereocenters. The molecule has 0 bridgehead atoms. The zero-order valence-electron chi connectivity index (χ0n) is 18.3. The normalized spacial score (nSPS) is 16.1. The van der Waals surface area contributed by atoms with Crippen molar-refractivity contribution in [2.45, 2.75) is 20.4 Å². The predicted octanol–water partition coefficient (Wildman–Crippen LogP) is 6.67. The topological polar surface area (TPSA) is 62.1 Å². The van der Waals surface area contributed by atoms with E-state index in [4.69, 9.17) is 9.73 Å². The third kappa shape index (κ3) is 5.49. The van der Waals surface area contributed by atoms with E-state index in [-0.39, 0.29) is 11.7 Å². The first-order valence-corrected chi connectivity index (χ1v) is 12.1. The number of aromatic hydroxyl groups is 1. The molecule has 4 rings (SSSR count). The summed E-state index contributed by atoms with van der Waals surface area (Å²) in [5, 5.41) is 10.8. The van der Waals surface area contributed by atoms with Crippen molar-refractivity contribution < 1.29 is 14.6 Å². The number of amidine groups is 1. The number of hydrogen-bond donors (Lipinski definition) is 1. The van der Waals surface area contributed by atoms with Gasteiger partial charge in [0.25, 0.3) is 5.91 Å². The number of amides is 1. The molecule has 1 fully saturated rings. The standard InChI is InChI=1S/C26H23BrN2O3S/c1-3-32-22-14-19(13-21(27)24(22)30)15-23-25(31)29(16-18-7-5-4-6-8-18)26(33-23)28-20-11-9-17(2)10-12-20/h4-15,30H,3,16H2,1-2H3/b23-15+,28-26?. The molecule has 5 nitrogen and oxygen atoms in total. The number of thioether (sulfide) groups is 1. The van der Waals surface area contributed by atoms with Crippen LogP contribution in [0.1, 0.15) is 23.6 Å². The van der Waals surface area contributed by atoms with Crippen molar-refractivity contribution in [1.82, 2.24) is 4.90 Å². The van der Waals surface area contributed by atoms with Gasteiger partial charge in [-0.3, -0.25) is 9.69 Å². The summed E-state index contributed by atoms with van der Waals surface area (Å²) >= 11 is 4.70. The summed E-state index contributed by atoms with van der Waals surface area (Å²) in [7, 11) is 0. The number of carbonyl (C=O) groups excluding carboxylic acids is 1. The molecule has 33 heavy (non-hydrogen) atoms. The molecule has 1 N–H and O–H groups in total. The van der Waals surface area contributed by atoms with Gasteiger partial charge in [0.1, 0.15) is 0 Å². The van der Waals surface area contributed by atoms with Crippen LogP contribution in [0.25, 0.3) is 6.08 Å². The summed E-state index contributed by atoms with van der Waals surface area (Å²) in [6, 6.07) is 21.2. The van der Waals surface area contributed by atoms with Crippen LogP contribution in [0.3, 0.4) is 0 Å². The van der Waals surface area contributed by atoms with Crippen LogP contribution in [0.4, 0.5) is 5.69 Å². The zero-order valence-corrected chi connectivity index (χ0v) is 20.7. The van der Waals surface area contributed by atoms with Gasteiger partial charge in [0.05, 0.1) is 28.2 Å². The average Bonchev–Trinajstić information content (AvgIpc) is 3.08. The van der Waals surface area contributed by atoms with Crippen molar-refractivity contribution in [2.75, 3.05) is 6.61 Å². The number of aliphatic imine (C=N–C) groups is 1. The molecule has 0 spiro atoms. The van der Waals surface area contributed by atoms with E-state index in [2.05, 4.69) is 15.9 Å². The van der Waals surface area contributed by atoms with Crippen LogP contribution in [0, 0.1) is 6.92 Å². The van der Waals surface area contributed by atoms with Crippen LogP contribution in [0.15, 0.2) is 81.1 Å². The molecule has 0 saturated carbocycles. The number of nitrogens with zero attached hydrogens (tertiary/aromatic N) is 2. The molecule has 0 atom stereocenters. The van der Waals surface area contributed by atoms with E-state index in [0.29, 0.717) is 33.4 Å². The van der Waals surface area contributed by atoms with Crippen LogP contribution in [0.2, 0.25) is 0 Å². The van der Waals surface area contributed by atoms with E-state index < -0.39 is 0 Å². The minimum absolute atomic E-state index is 0.0386. The fourth-order valence-corrected chi connectivity index (χ4v) is 4.78. The van der Waals surface area contributed by atoms with Crippen molar-refractivity contribution in [1.29, 1.82) is 0 Å². The van der Waals surface area contributed by atoms with Crippen LogP contribution in [-0.4, -0.2) is 27.7 Å². The number of phenols is 1. The second-order valence-electron chi connectivity index (χ2n) is 7.50. The second-order valence-corrected chi connectivity index (χ2v) is 9.36. The number of halogens is 1. The average molecular weight is 523 g/mol. The van der Waals surface area contributed by atoms with Crippen molar-refractivity contribution in [2.24, 2.45) is 4.99 Å². The van der Waals surface area contributed by atoms with Gasteiger partial charge < -0.3 is 9.84 Å². The van der Waals surface area contributed by atoms with Gasteiger partial charge in [0, 0.05) is 0 Å². The number of rotatable bonds is 6. The summed E-state index contributed by atoms with van der Waals surface area (Å²) in [4.78, 5) is 20.4. The van der Waals surface area contributed by atoms with Gasteiger partial charge in [0.2, 0.25) is 0 Å². The number of hydrogen-bond acceptors (Lipinski definition) is 5. The molecular weight excluding hydrogens is 500 g/mol. The highest BCUT2D eigenvalue weighted by Gasteiger charge is 2.33. The maximum Gasteiger partial charge on any atom is 0.267 e. The fourth-order valence-electron chi connectivity index (χ4n) is 3.32. The van der Waals surface area contributed by atoms with E-state index in [9.17, 15) is 9.90 Å². The molecule has 3 aromatic rings. The summed E-state index contributed by atoms with van der Waals surface area (Å²) in [6.45, 7) is 4.73. The summed E-state index contributed by atoms with van der Waals surface area (Å²) in [6.07, 6.45) is 1.80. The first kappa shape index (κ1) is 23.1. The molecule has 0 aromatic heterocycles. The third-order valence-electron chi connectivity index (χ3n) is 4.98. The molecule has 1 heterocycles. The molecule has 7 heteroatoms. The van der Waals surface area contributed by atoms with Gasteiger partial charge in [-0.1, -0.05) is 48.0 Å². The van der Waals surface area contributed by atoms with Crippen molar-refractivity contribution in [3.05, 3.63) is 92.8 Å². The zero-order chi connectivity index (χ0) is 23.4. The Hall–Kier alpha value is -3.03. The van der Waals surface area contributed by atoms with Crippen molar-refractivity contribution in [3.8, 4) is 11.5 Å². The quantitative estimate of drug-likeness (QED) is 0.367.